The van der Waals surface area contributed by atoms with Crippen LogP contribution in [-0.4, -0.2) is 59.5 Å². The fourth-order valence-electron chi connectivity index (χ4n) is 4.28. The minimum atomic E-state index is -0.750. The molecular weight excluding hydrogens is 404 g/mol. The molecule has 1 N–H and O–H groups in total. The van der Waals surface area contributed by atoms with Gasteiger partial charge in [-0.1, -0.05) is 24.3 Å². The maximum absolute atomic E-state index is 11.0. The smallest absolute Gasteiger partial charge is 0.161 e. The predicted molar refractivity (Wildman–Crippen MR) is 125 cm³/mol. The number of nitrogens with zero attached hydrogens (tertiary/aromatic N) is 4. The quantitative estimate of drug-likeness (QED) is 0.585. The summed E-state index contributed by atoms with van der Waals surface area (Å²) in [6, 6.07) is 14.2. The van der Waals surface area contributed by atoms with Crippen molar-refractivity contribution >= 4 is 5.69 Å². The summed E-state index contributed by atoms with van der Waals surface area (Å²) in [4.78, 5) is 9.15. The summed E-state index contributed by atoms with van der Waals surface area (Å²) in [7, 11) is 3.57. The van der Waals surface area contributed by atoms with Crippen LogP contribution in [0, 0.1) is 0 Å². The summed E-state index contributed by atoms with van der Waals surface area (Å²) in [6.45, 7) is 7.16. The zero-order chi connectivity index (χ0) is 22.5. The largest absolute Gasteiger partial charge is 0.493 e. The Bertz CT molecular complexity index is 1030. The molecule has 0 radical (unpaired) electrons. The van der Waals surface area contributed by atoms with Gasteiger partial charge in [0.2, 0.25) is 0 Å². The number of aromatic nitrogens is 2. The highest BCUT2D eigenvalue weighted by Crippen LogP contribution is 2.31. The van der Waals surface area contributed by atoms with Gasteiger partial charge in [0.15, 0.2) is 11.5 Å². The lowest BCUT2D eigenvalue weighted by Crippen LogP contribution is -2.46. The summed E-state index contributed by atoms with van der Waals surface area (Å²) in [6.07, 6.45) is 2.83. The van der Waals surface area contributed by atoms with Crippen molar-refractivity contribution in [2.45, 2.75) is 19.6 Å². The second kappa shape index (κ2) is 10.1. The lowest BCUT2D eigenvalue weighted by atomic mass is 10.0. The highest BCUT2D eigenvalue weighted by Gasteiger charge is 2.24. The van der Waals surface area contributed by atoms with Crippen molar-refractivity contribution in [2.24, 2.45) is 7.05 Å². The monoisotopic (exact) mass is 436 g/mol. The highest BCUT2D eigenvalue weighted by atomic mass is 16.5. The van der Waals surface area contributed by atoms with Crippen LogP contribution in [0.2, 0.25) is 0 Å². The van der Waals surface area contributed by atoms with Gasteiger partial charge in [0, 0.05) is 63.4 Å². The number of benzene rings is 2. The van der Waals surface area contributed by atoms with E-state index < -0.39 is 6.10 Å². The molecule has 0 aliphatic carbocycles. The molecule has 1 aromatic heterocycles. The molecule has 0 saturated carbocycles. The Morgan fingerprint density at radius 3 is 2.53 bits per heavy atom. The van der Waals surface area contributed by atoms with E-state index in [9.17, 15) is 5.11 Å². The SMILES string of the molecule is CCOc1cc(CN2CCN(c3ccccc3C(O)c3nccn3C)CC2)ccc1OC. The molecular formula is C25H32N4O3. The fourth-order valence-corrected chi connectivity index (χ4v) is 4.28. The molecule has 0 amide bonds. The van der Waals surface area contributed by atoms with Gasteiger partial charge in [-0.15, -0.1) is 0 Å². The Morgan fingerprint density at radius 1 is 1.06 bits per heavy atom. The summed E-state index contributed by atoms with van der Waals surface area (Å²) in [5.41, 5.74) is 3.19. The topological polar surface area (TPSA) is 63.0 Å². The number of aliphatic hydroxyl groups excluding tert-OH is 1. The number of hydrogen-bond donors (Lipinski definition) is 1. The van der Waals surface area contributed by atoms with E-state index >= 15 is 0 Å². The molecule has 1 unspecified atom stereocenters. The van der Waals surface area contributed by atoms with Crippen LogP contribution >= 0.6 is 0 Å². The van der Waals surface area contributed by atoms with Gasteiger partial charge in [-0.05, 0) is 30.7 Å². The molecule has 0 spiro atoms. The van der Waals surface area contributed by atoms with Crippen LogP contribution in [0.5, 0.6) is 11.5 Å². The number of aliphatic hydroxyl groups is 1. The molecule has 1 atom stereocenters. The summed E-state index contributed by atoms with van der Waals surface area (Å²) in [5.74, 6) is 2.22. The average Bonchev–Trinajstić information content (AvgIpc) is 3.25. The van der Waals surface area contributed by atoms with Crippen LogP contribution in [0.4, 0.5) is 5.69 Å². The van der Waals surface area contributed by atoms with E-state index in [0.29, 0.717) is 12.4 Å². The number of methoxy groups -OCH3 is 1. The summed E-state index contributed by atoms with van der Waals surface area (Å²) < 4.78 is 13.0. The predicted octanol–water partition coefficient (Wildman–Crippen LogP) is 3.23. The van der Waals surface area contributed by atoms with Crippen molar-refractivity contribution in [1.29, 1.82) is 0 Å². The molecule has 7 nitrogen and oxygen atoms in total. The number of imidazole rings is 1. The molecule has 2 aromatic carbocycles. The number of rotatable bonds is 8. The van der Waals surface area contributed by atoms with Crippen molar-refractivity contribution in [1.82, 2.24) is 14.5 Å². The Balaban J connectivity index is 1.43. The molecule has 7 heteroatoms. The lowest BCUT2D eigenvalue weighted by Gasteiger charge is -2.37. The Hall–Kier alpha value is -3.03. The minimum Gasteiger partial charge on any atom is -0.493 e. The third-order valence-electron chi connectivity index (χ3n) is 5.98. The first kappa shape index (κ1) is 22.2. The van der Waals surface area contributed by atoms with Gasteiger partial charge in [-0.25, -0.2) is 4.98 Å². The average molecular weight is 437 g/mol. The van der Waals surface area contributed by atoms with E-state index in [1.165, 1.54) is 5.56 Å². The normalized spacial score (nSPS) is 15.6. The summed E-state index contributed by atoms with van der Waals surface area (Å²) in [5, 5.41) is 11.0. The molecule has 1 aliphatic heterocycles. The third kappa shape index (κ3) is 4.74. The van der Waals surface area contributed by atoms with E-state index in [0.717, 1.165) is 55.5 Å². The zero-order valence-corrected chi connectivity index (χ0v) is 19.1. The maximum atomic E-state index is 11.0. The van der Waals surface area contributed by atoms with Crippen LogP contribution in [0.3, 0.4) is 0 Å². The Kier molecular flexibility index (Phi) is 6.97. The van der Waals surface area contributed by atoms with Gasteiger partial charge < -0.3 is 24.0 Å². The molecule has 170 valence electrons. The standard InChI is InChI=1S/C25H32N4O3/c1-4-32-23-17-19(9-10-22(23)31-3)18-28-13-15-29(16-14-28)21-8-6-5-7-20(21)24(30)25-26-11-12-27(25)2/h5-12,17,24,30H,4,13-16,18H2,1-3H3. The number of para-hydroxylation sites is 1. The van der Waals surface area contributed by atoms with E-state index in [4.69, 9.17) is 9.47 Å². The number of anilines is 1. The van der Waals surface area contributed by atoms with Crippen molar-refractivity contribution in [2.75, 3.05) is 44.8 Å². The first-order valence-electron chi connectivity index (χ1n) is 11.1. The highest BCUT2D eigenvalue weighted by molar-refractivity contribution is 5.56. The Labute approximate surface area is 189 Å². The van der Waals surface area contributed by atoms with Crippen molar-refractivity contribution in [3.8, 4) is 11.5 Å². The molecule has 4 rings (SSSR count). The van der Waals surface area contributed by atoms with Gasteiger partial charge in [0.1, 0.15) is 11.9 Å². The van der Waals surface area contributed by atoms with E-state index in [1.54, 1.807) is 13.3 Å². The molecule has 0 bridgehead atoms. The van der Waals surface area contributed by atoms with Crippen LogP contribution < -0.4 is 14.4 Å². The molecule has 3 aromatic rings. The van der Waals surface area contributed by atoms with Gasteiger partial charge in [-0.3, -0.25) is 4.90 Å². The van der Waals surface area contributed by atoms with E-state index in [2.05, 4.69) is 33.0 Å². The van der Waals surface area contributed by atoms with Crippen molar-refractivity contribution < 1.29 is 14.6 Å². The van der Waals surface area contributed by atoms with Crippen molar-refractivity contribution in [3.63, 3.8) is 0 Å². The zero-order valence-electron chi connectivity index (χ0n) is 19.1. The van der Waals surface area contributed by atoms with Crippen LogP contribution in [0.25, 0.3) is 0 Å². The molecule has 32 heavy (non-hydrogen) atoms. The molecule has 1 saturated heterocycles. The van der Waals surface area contributed by atoms with E-state index in [-0.39, 0.29) is 0 Å². The first-order chi connectivity index (χ1) is 15.6. The van der Waals surface area contributed by atoms with Crippen LogP contribution in [0.15, 0.2) is 54.9 Å². The minimum absolute atomic E-state index is 0.613. The molecule has 1 aliphatic rings. The van der Waals surface area contributed by atoms with Crippen LogP contribution in [0.1, 0.15) is 30.0 Å². The summed E-state index contributed by atoms with van der Waals surface area (Å²) >= 11 is 0. The number of piperazine rings is 1. The van der Waals surface area contributed by atoms with Crippen molar-refractivity contribution in [3.05, 3.63) is 71.8 Å². The maximum Gasteiger partial charge on any atom is 0.161 e. The number of ether oxygens (including phenoxy) is 2. The fraction of sp³-hybridized carbons (Fsp3) is 0.400. The third-order valence-corrected chi connectivity index (χ3v) is 5.98. The number of hydrogen-bond acceptors (Lipinski definition) is 6. The molecule has 1 fully saturated rings. The van der Waals surface area contributed by atoms with Crippen LogP contribution in [-0.2, 0) is 13.6 Å². The Morgan fingerprint density at radius 2 is 1.84 bits per heavy atom. The van der Waals surface area contributed by atoms with E-state index in [1.807, 2.05) is 49.0 Å². The lowest BCUT2D eigenvalue weighted by molar-refractivity contribution is 0.205. The number of aryl methyl sites for hydroxylation is 1. The first-order valence-corrected chi connectivity index (χ1v) is 11.1. The molecule has 2 heterocycles. The second-order valence-electron chi connectivity index (χ2n) is 8.04. The van der Waals surface area contributed by atoms with Gasteiger partial charge in [-0.2, -0.15) is 0 Å². The van der Waals surface area contributed by atoms with Gasteiger partial charge >= 0.3 is 0 Å². The van der Waals surface area contributed by atoms with Gasteiger partial charge in [0.25, 0.3) is 0 Å². The second-order valence-corrected chi connectivity index (χ2v) is 8.04. The van der Waals surface area contributed by atoms with Gasteiger partial charge in [0.05, 0.1) is 13.7 Å².